The van der Waals surface area contributed by atoms with Crippen LogP contribution in [-0.4, -0.2) is 11.7 Å². The zero-order valence-electron chi connectivity index (χ0n) is 11.8. The molecule has 0 aliphatic heterocycles. The Balaban J connectivity index is 2.08. The molecule has 9 heteroatoms. The molecule has 122 valence electrons. The van der Waals surface area contributed by atoms with Gasteiger partial charge in [-0.15, -0.1) is 5.10 Å². The van der Waals surface area contributed by atoms with Crippen LogP contribution in [0.25, 0.3) is 0 Å². The van der Waals surface area contributed by atoms with Gasteiger partial charge >= 0.3 is 6.18 Å². The first-order valence-corrected chi connectivity index (χ1v) is 6.73. The summed E-state index contributed by atoms with van der Waals surface area (Å²) >= 11 is 0. The molecule has 4 N–H and O–H groups in total. The van der Waals surface area contributed by atoms with Crippen molar-refractivity contribution in [2.75, 3.05) is 0 Å². The number of nitrogens with two attached hydrogens (primary N) is 2. The van der Waals surface area contributed by atoms with Crippen molar-refractivity contribution in [1.29, 1.82) is 0 Å². The lowest BCUT2D eigenvalue weighted by molar-refractivity contribution is -0.138. The molecule has 1 aliphatic carbocycles. The van der Waals surface area contributed by atoms with E-state index in [0.717, 1.165) is 0 Å². The Kier molecular flexibility index (Phi) is 3.63. The number of fused-ring (bicyclic) bond motifs is 1. The van der Waals surface area contributed by atoms with Gasteiger partial charge in [-0.1, -0.05) is 0 Å². The highest BCUT2D eigenvalue weighted by Crippen LogP contribution is 2.41. The third kappa shape index (κ3) is 2.94. The van der Waals surface area contributed by atoms with Gasteiger partial charge in [0.05, 0.1) is 17.5 Å². The minimum atomic E-state index is -4.55. The summed E-state index contributed by atoms with van der Waals surface area (Å²) in [5.74, 6) is 0.293. The second-order valence-corrected chi connectivity index (χ2v) is 5.14. The first-order chi connectivity index (χ1) is 10.9. The summed E-state index contributed by atoms with van der Waals surface area (Å²) < 4.78 is 49.9. The van der Waals surface area contributed by atoms with Crippen LogP contribution in [0.2, 0.25) is 0 Å². The molecular weight excluding hydrogens is 313 g/mol. The molecule has 0 bridgehead atoms. The van der Waals surface area contributed by atoms with Crippen LogP contribution in [0.5, 0.6) is 0 Å². The molecule has 0 saturated carbocycles. The molecule has 2 aromatic rings. The summed E-state index contributed by atoms with van der Waals surface area (Å²) in [5, 5.41) is 7.27. The summed E-state index contributed by atoms with van der Waals surface area (Å²) in [6, 6.07) is 3.46. The lowest BCUT2D eigenvalue weighted by Gasteiger charge is -2.21. The van der Waals surface area contributed by atoms with E-state index in [1.54, 1.807) is 12.1 Å². The molecule has 0 fully saturated rings. The lowest BCUT2D eigenvalue weighted by atomic mass is 9.84. The number of hydrogen-bond acceptors (Lipinski definition) is 4. The predicted octanol–water partition coefficient (Wildman–Crippen LogP) is 2.60. The van der Waals surface area contributed by atoms with Crippen molar-refractivity contribution >= 4 is 11.7 Å². The fourth-order valence-corrected chi connectivity index (χ4v) is 2.64. The van der Waals surface area contributed by atoms with E-state index in [1.165, 1.54) is 6.26 Å². The van der Waals surface area contributed by atoms with Crippen LogP contribution in [0.3, 0.4) is 0 Å². The van der Waals surface area contributed by atoms with Gasteiger partial charge in [-0.2, -0.15) is 18.3 Å². The Morgan fingerprint density at radius 2 is 2.00 bits per heavy atom. The van der Waals surface area contributed by atoms with Crippen molar-refractivity contribution in [2.45, 2.75) is 24.9 Å². The third-order valence-corrected chi connectivity index (χ3v) is 3.56. The second-order valence-electron chi connectivity index (χ2n) is 5.14. The van der Waals surface area contributed by atoms with Crippen LogP contribution >= 0.6 is 0 Å². The number of alkyl halides is 3. The van der Waals surface area contributed by atoms with E-state index < -0.39 is 11.7 Å². The molecule has 0 saturated heterocycles. The van der Waals surface area contributed by atoms with Gasteiger partial charge in [0.25, 0.3) is 0 Å². The Morgan fingerprint density at radius 1 is 1.22 bits per heavy atom. The Hall–Kier alpha value is -2.71. The van der Waals surface area contributed by atoms with Gasteiger partial charge in [0.1, 0.15) is 23.3 Å². The van der Waals surface area contributed by atoms with Crippen LogP contribution < -0.4 is 11.5 Å². The molecule has 0 radical (unpaired) electrons. The Bertz CT molecular complexity index is 756. The maximum atomic E-state index is 13.1. The molecule has 3 rings (SSSR count). The van der Waals surface area contributed by atoms with E-state index in [-0.39, 0.29) is 41.8 Å². The van der Waals surface area contributed by atoms with E-state index in [1.807, 2.05) is 0 Å². The quantitative estimate of drug-likeness (QED) is 0.503. The predicted molar refractivity (Wildman–Crippen MR) is 75.8 cm³/mol. The number of guanidine groups is 1. The SMILES string of the molecule is NC(N)=N/N=C1/CC(c2ccco2)Cc2occ(C(F)(F)F)c21. The molecule has 0 aromatic carbocycles. The van der Waals surface area contributed by atoms with Gasteiger partial charge < -0.3 is 20.3 Å². The number of nitrogens with zero attached hydrogens (tertiary/aromatic N) is 2. The van der Waals surface area contributed by atoms with Crippen molar-refractivity contribution < 1.29 is 22.0 Å². The molecule has 2 heterocycles. The van der Waals surface area contributed by atoms with Crippen LogP contribution in [0, 0.1) is 0 Å². The van der Waals surface area contributed by atoms with Gasteiger partial charge in [0.2, 0.25) is 5.96 Å². The maximum absolute atomic E-state index is 13.1. The lowest BCUT2D eigenvalue weighted by Crippen LogP contribution is -2.24. The average molecular weight is 326 g/mol. The van der Waals surface area contributed by atoms with E-state index in [0.29, 0.717) is 12.0 Å². The van der Waals surface area contributed by atoms with Gasteiger partial charge in [-0.05, 0) is 12.1 Å². The molecule has 1 atom stereocenters. The van der Waals surface area contributed by atoms with Crippen molar-refractivity contribution in [2.24, 2.45) is 21.7 Å². The van der Waals surface area contributed by atoms with Crippen molar-refractivity contribution in [1.82, 2.24) is 0 Å². The van der Waals surface area contributed by atoms with Crippen molar-refractivity contribution in [3.63, 3.8) is 0 Å². The molecule has 1 unspecified atom stereocenters. The highest BCUT2D eigenvalue weighted by Gasteiger charge is 2.41. The monoisotopic (exact) mass is 326 g/mol. The van der Waals surface area contributed by atoms with Crippen LogP contribution in [0.1, 0.15) is 35.0 Å². The van der Waals surface area contributed by atoms with E-state index in [4.69, 9.17) is 20.3 Å². The maximum Gasteiger partial charge on any atom is 0.420 e. The first kappa shape index (κ1) is 15.2. The standard InChI is InChI=1S/C14H13F3N4O2/c15-14(16,17)8-6-23-11-5-7(10-2-1-3-22-10)4-9(12(8)11)20-21-13(18)19/h1-3,6-7H,4-5H2,(H4,18,19,21)/b20-9-. The van der Waals surface area contributed by atoms with E-state index in [9.17, 15) is 13.2 Å². The summed E-state index contributed by atoms with van der Waals surface area (Å²) in [6.07, 6.45) is -1.87. The van der Waals surface area contributed by atoms with Crippen molar-refractivity contribution in [3.8, 4) is 0 Å². The van der Waals surface area contributed by atoms with Gasteiger partial charge in [-0.25, -0.2) is 0 Å². The average Bonchev–Trinajstić information content (AvgIpc) is 3.12. The minimum absolute atomic E-state index is 0.0923. The highest BCUT2D eigenvalue weighted by molar-refractivity contribution is 6.04. The molecule has 0 amide bonds. The number of hydrogen-bond donors (Lipinski definition) is 2. The summed E-state index contributed by atoms with van der Waals surface area (Å²) in [4.78, 5) is 0. The normalized spacial score (nSPS) is 19.6. The molecule has 2 aromatic heterocycles. The number of furan rings is 2. The third-order valence-electron chi connectivity index (χ3n) is 3.56. The van der Waals surface area contributed by atoms with Gasteiger partial charge in [-0.3, -0.25) is 0 Å². The fourth-order valence-electron chi connectivity index (χ4n) is 2.64. The largest absolute Gasteiger partial charge is 0.469 e. The zero-order valence-corrected chi connectivity index (χ0v) is 11.8. The highest BCUT2D eigenvalue weighted by atomic mass is 19.4. The van der Waals surface area contributed by atoms with E-state index in [2.05, 4.69) is 10.2 Å². The molecular formula is C14H13F3N4O2. The number of halogens is 3. The Labute approximate surface area is 128 Å². The Morgan fingerprint density at radius 3 is 2.61 bits per heavy atom. The van der Waals surface area contributed by atoms with E-state index >= 15 is 0 Å². The zero-order chi connectivity index (χ0) is 16.6. The summed E-state index contributed by atoms with van der Waals surface area (Å²) in [5.41, 5.74) is 9.57. The molecule has 6 nitrogen and oxygen atoms in total. The van der Waals surface area contributed by atoms with Gasteiger partial charge in [0.15, 0.2) is 0 Å². The fraction of sp³-hybridized carbons (Fsp3) is 0.286. The van der Waals surface area contributed by atoms with Gasteiger partial charge in [0, 0.05) is 18.8 Å². The molecule has 23 heavy (non-hydrogen) atoms. The molecule has 1 aliphatic rings. The van der Waals surface area contributed by atoms with Crippen LogP contribution in [0.15, 0.2) is 43.7 Å². The minimum Gasteiger partial charge on any atom is -0.469 e. The van der Waals surface area contributed by atoms with Crippen LogP contribution in [-0.2, 0) is 12.6 Å². The smallest absolute Gasteiger partial charge is 0.420 e. The first-order valence-electron chi connectivity index (χ1n) is 6.73. The topological polar surface area (TPSA) is 103 Å². The van der Waals surface area contributed by atoms with Crippen LogP contribution in [0.4, 0.5) is 13.2 Å². The van der Waals surface area contributed by atoms with Crippen molar-refractivity contribution in [3.05, 3.63) is 47.3 Å². The molecule has 0 spiro atoms. The second kappa shape index (κ2) is 5.49. The summed E-state index contributed by atoms with van der Waals surface area (Å²) in [6.45, 7) is 0. The summed E-state index contributed by atoms with van der Waals surface area (Å²) in [7, 11) is 0. The number of rotatable bonds is 2.